The number of aromatic nitrogens is 2. The van der Waals surface area contributed by atoms with Gasteiger partial charge in [0.15, 0.2) is 0 Å². The van der Waals surface area contributed by atoms with Gasteiger partial charge in [-0.3, -0.25) is 14.8 Å². The summed E-state index contributed by atoms with van der Waals surface area (Å²) in [6.45, 7) is 1.77. The maximum atomic E-state index is 12.1. The van der Waals surface area contributed by atoms with Gasteiger partial charge in [0.2, 0.25) is 0 Å². The first-order valence-corrected chi connectivity index (χ1v) is 5.99. The molecule has 1 atom stereocenters. The molecular weight excluding hydrogens is 258 g/mol. The summed E-state index contributed by atoms with van der Waals surface area (Å²) in [7, 11) is 0. The van der Waals surface area contributed by atoms with Crippen LogP contribution in [0.1, 0.15) is 39.5 Å². The lowest BCUT2D eigenvalue weighted by molar-refractivity contribution is 0.0689. The molecule has 6 heteroatoms. The van der Waals surface area contributed by atoms with Crippen LogP contribution in [-0.2, 0) is 0 Å². The fraction of sp³-hybridized carbons (Fsp3) is 0.143. The van der Waals surface area contributed by atoms with Gasteiger partial charge in [0, 0.05) is 12.4 Å². The van der Waals surface area contributed by atoms with Gasteiger partial charge in [0.05, 0.1) is 17.3 Å². The first kappa shape index (κ1) is 13.7. The molecular formula is C14H13N3O3. The number of carbonyl (C=O) groups is 2. The summed E-state index contributed by atoms with van der Waals surface area (Å²) in [5.41, 5.74) is 0.453. The largest absolute Gasteiger partial charge is 0.478 e. The van der Waals surface area contributed by atoms with Gasteiger partial charge in [-0.15, -0.1) is 0 Å². The molecule has 2 N–H and O–H groups in total. The third kappa shape index (κ3) is 2.97. The number of carbonyl (C=O) groups excluding carboxylic acids is 1. The molecule has 0 fully saturated rings. The van der Waals surface area contributed by atoms with Crippen LogP contribution in [0.15, 0.2) is 42.7 Å². The first-order valence-electron chi connectivity index (χ1n) is 5.99. The van der Waals surface area contributed by atoms with E-state index in [4.69, 9.17) is 5.11 Å². The van der Waals surface area contributed by atoms with E-state index in [-0.39, 0.29) is 17.3 Å². The zero-order valence-corrected chi connectivity index (χ0v) is 10.8. The topological polar surface area (TPSA) is 92.2 Å². The molecule has 0 saturated carbocycles. The van der Waals surface area contributed by atoms with Crippen molar-refractivity contribution in [2.24, 2.45) is 0 Å². The lowest BCUT2D eigenvalue weighted by Gasteiger charge is -2.13. The summed E-state index contributed by atoms with van der Waals surface area (Å²) in [4.78, 5) is 31.1. The molecule has 1 unspecified atom stereocenters. The maximum Gasteiger partial charge on any atom is 0.338 e. The number of carboxylic acids is 1. The Bertz CT molecular complexity index is 629. The van der Waals surface area contributed by atoms with Gasteiger partial charge in [-0.25, -0.2) is 4.79 Å². The number of amides is 1. The lowest BCUT2D eigenvalue weighted by atomic mass is 10.1. The highest BCUT2D eigenvalue weighted by molar-refractivity contribution is 6.03. The van der Waals surface area contributed by atoms with Gasteiger partial charge in [0.25, 0.3) is 5.91 Å². The average Bonchev–Trinajstić information content (AvgIpc) is 2.48. The van der Waals surface area contributed by atoms with Crippen LogP contribution in [0.3, 0.4) is 0 Å². The van der Waals surface area contributed by atoms with Gasteiger partial charge in [-0.05, 0) is 31.2 Å². The fourth-order valence-corrected chi connectivity index (χ4v) is 1.73. The number of hydrogen-bond donors (Lipinski definition) is 2. The molecule has 102 valence electrons. The molecule has 20 heavy (non-hydrogen) atoms. The van der Waals surface area contributed by atoms with E-state index in [9.17, 15) is 9.59 Å². The van der Waals surface area contributed by atoms with Crippen molar-refractivity contribution in [2.75, 3.05) is 0 Å². The number of pyridine rings is 2. The summed E-state index contributed by atoms with van der Waals surface area (Å²) in [5, 5.41) is 11.7. The number of hydrogen-bond acceptors (Lipinski definition) is 4. The standard InChI is InChI=1S/C14H13N3O3/c1-9(11-6-2-3-7-15-11)17-13(18)12-10(14(19)20)5-4-8-16-12/h2-9H,1H3,(H,17,18)(H,19,20). The van der Waals surface area contributed by atoms with E-state index in [1.54, 1.807) is 25.3 Å². The summed E-state index contributed by atoms with van der Waals surface area (Å²) in [6, 6.07) is 7.85. The normalized spacial score (nSPS) is 11.7. The third-order valence-corrected chi connectivity index (χ3v) is 2.73. The number of aromatic carboxylic acids is 1. The monoisotopic (exact) mass is 271 g/mol. The maximum absolute atomic E-state index is 12.1. The molecule has 0 aromatic carbocycles. The van der Waals surface area contributed by atoms with Crippen molar-refractivity contribution in [1.29, 1.82) is 0 Å². The molecule has 1 amide bonds. The predicted octanol–water partition coefficient (Wildman–Crippen LogP) is 1.67. The minimum absolute atomic E-state index is 0.109. The minimum Gasteiger partial charge on any atom is -0.478 e. The van der Waals surface area contributed by atoms with Crippen molar-refractivity contribution in [3.8, 4) is 0 Å². The van der Waals surface area contributed by atoms with E-state index in [1.165, 1.54) is 18.3 Å². The van der Waals surface area contributed by atoms with Crippen LogP contribution in [-0.4, -0.2) is 27.0 Å². The molecule has 6 nitrogen and oxygen atoms in total. The van der Waals surface area contributed by atoms with Crippen LogP contribution >= 0.6 is 0 Å². The Labute approximate surface area is 115 Å². The van der Waals surface area contributed by atoms with E-state index < -0.39 is 11.9 Å². The smallest absolute Gasteiger partial charge is 0.338 e. The second-order valence-electron chi connectivity index (χ2n) is 4.15. The Hall–Kier alpha value is -2.76. The number of carboxylic acid groups (broad SMARTS) is 1. The van der Waals surface area contributed by atoms with Crippen molar-refractivity contribution < 1.29 is 14.7 Å². The Morgan fingerprint density at radius 3 is 2.55 bits per heavy atom. The molecule has 0 radical (unpaired) electrons. The Morgan fingerprint density at radius 2 is 1.90 bits per heavy atom. The van der Waals surface area contributed by atoms with Crippen LogP contribution in [0.2, 0.25) is 0 Å². The molecule has 2 aromatic rings. The highest BCUT2D eigenvalue weighted by Gasteiger charge is 2.19. The number of rotatable bonds is 4. The summed E-state index contributed by atoms with van der Waals surface area (Å²) in [5.74, 6) is -1.73. The summed E-state index contributed by atoms with van der Waals surface area (Å²) in [6.07, 6.45) is 3.01. The van der Waals surface area contributed by atoms with Crippen molar-refractivity contribution in [1.82, 2.24) is 15.3 Å². The lowest BCUT2D eigenvalue weighted by Crippen LogP contribution is -2.29. The fourth-order valence-electron chi connectivity index (χ4n) is 1.73. The zero-order chi connectivity index (χ0) is 14.5. The second-order valence-corrected chi connectivity index (χ2v) is 4.15. The van der Waals surface area contributed by atoms with E-state index >= 15 is 0 Å². The SMILES string of the molecule is CC(NC(=O)c1ncccc1C(=O)O)c1ccccn1. The highest BCUT2D eigenvalue weighted by atomic mass is 16.4. The van der Waals surface area contributed by atoms with E-state index in [0.717, 1.165) is 0 Å². The second kappa shape index (κ2) is 5.92. The molecule has 0 bridgehead atoms. The van der Waals surface area contributed by atoms with E-state index in [0.29, 0.717) is 5.69 Å². The van der Waals surface area contributed by atoms with Gasteiger partial charge in [-0.2, -0.15) is 0 Å². The molecule has 2 heterocycles. The Kier molecular flexibility index (Phi) is 4.05. The first-order chi connectivity index (χ1) is 9.59. The Balaban J connectivity index is 2.19. The van der Waals surface area contributed by atoms with Crippen molar-refractivity contribution in [3.05, 3.63) is 59.7 Å². The van der Waals surface area contributed by atoms with Crippen molar-refractivity contribution >= 4 is 11.9 Å². The van der Waals surface area contributed by atoms with Crippen LogP contribution in [0.5, 0.6) is 0 Å². The molecule has 0 spiro atoms. The van der Waals surface area contributed by atoms with Crippen LogP contribution in [0.25, 0.3) is 0 Å². The van der Waals surface area contributed by atoms with E-state index in [2.05, 4.69) is 15.3 Å². The van der Waals surface area contributed by atoms with Crippen LogP contribution < -0.4 is 5.32 Å². The van der Waals surface area contributed by atoms with Gasteiger partial charge >= 0.3 is 5.97 Å². The molecule has 0 aliphatic heterocycles. The average molecular weight is 271 g/mol. The predicted molar refractivity (Wildman–Crippen MR) is 71.3 cm³/mol. The molecule has 0 saturated heterocycles. The summed E-state index contributed by atoms with van der Waals surface area (Å²) < 4.78 is 0. The molecule has 2 aromatic heterocycles. The van der Waals surface area contributed by atoms with Crippen molar-refractivity contribution in [2.45, 2.75) is 13.0 Å². The van der Waals surface area contributed by atoms with Gasteiger partial charge < -0.3 is 10.4 Å². The van der Waals surface area contributed by atoms with Crippen LogP contribution in [0, 0.1) is 0 Å². The number of nitrogens with zero attached hydrogens (tertiary/aromatic N) is 2. The van der Waals surface area contributed by atoms with Gasteiger partial charge in [0.1, 0.15) is 5.69 Å². The van der Waals surface area contributed by atoms with Crippen LogP contribution in [0.4, 0.5) is 0 Å². The third-order valence-electron chi connectivity index (χ3n) is 2.73. The highest BCUT2D eigenvalue weighted by Crippen LogP contribution is 2.11. The Morgan fingerprint density at radius 1 is 1.15 bits per heavy atom. The molecule has 2 rings (SSSR count). The van der Waals surface area contributed by atoms with E-state index in [1.807, 2.05) is 6.07 Å². The zero-order valence-electron chi connectivity index (χ0n) is 10.8. The van der Waals surface area contributed by atoms with Gasteiger partial charge in [-0.1, -0.05) is 6.07 Å². The minimum atomic E-state index is -1.19. The quantitative estimate of drug-likeness (QED) is 0.882. The summed E-state index contributed by atoms with van der Waals surface area (Å²) >= 11 is 0. The molecule has 0 aliphatic carbocycles. The number of nitrogens with one attached hydrogen (secondary N) is 1. The molecule has 0 aliphatic rings. The van der Waals surface area contributed by atoms with Crippen molar-refractivity contribution in [3.63, 3.8) is 0 Å².